The number of amides is 1. The molecular formula is C19H15ClN2O2S2. The van der Waals surface area contributed by atoms with Crippen LogP contribution in [0, 0.1) is 0 Å². The second kappa shape index (κ2) is 7.70. The Bertz CT molecular complexity index is 906. The minimum Gasteiger partial charge on any atom is -0.467 e. The lowest BCUT2D eigenvalue weighted by Crippen LogP contribution is -2.28. The van der Waals surface area contributed by atoms with Gasteiger partial charge in [-0.25, -0.2) is 5.01 Å². The van der Waals surface area contributed by atoms with Gasteiger partial charge in [-0.15, -0.1) is 23.1 Å². The van der Waals surface area contributed by atoms with Crippen molar-refractivity contribution in [3.8, 4) is 0 Å². The zero-order valence-corrected chi connectivity index (χ0v) is 16.1. The average Bonchev–Trinajstić information content (AvgIpc) is 3.41. The summed E-state index contributed by atoms with van der Waals surface area (Å²) in [6.07, 6.45) is 2.29. The standard InChI is InChI=1S/C19H15ClN2O2S2/c20-13-5-7-14(8-6-13)26-12-19(23)22-16(17-3-1-9-24-17)11-15(21-22)18-4-2-10-25-18/h1-10,16H,11-12H2. The zero-order valence-electron chi connectivity index (χ0n) is 13.7. The summed E-state index contributed by atoms with van der Waals surface area (Å²) in [6.45, 7) is 0. The van der Waals surface area contributed by atoms with Crippen LogP contribution in [0.2, 0.25) is 5.02 Å². The fourth-order valence-corrected chi connectivity index (χ4v) is 4.37. The Morgan fingerprint density at radius 3 is 2.81 bits per heavy atom. The third-order valence-electron chi connectivity index (χ3n) is 4.02. The lowest BCUT2D eigenvalue weighted by Gasteiger charge is -2.19. The molecule has 1 aliphatic rings. The van der Waals surface area contributed by atoms with E-state index in [1.165, 1.54) is 11.8 Å². The summed E-state index contributed by atoms with van der Waals surface area (Å²) in [6, 6.07) is 15.0. The number of nitrogens with zero attached hydrogens (tertiary/aromatic N) is 2. The molecule has 0 radical (unpaired) electrons. The number of benzene rings is 1. The highest BCUT2D eigenvalue weighted by atomic mass is 35.5. The van der Waals surface area contributed by atoms with Gasteiger partial charge in [-0.3, -0.25) is 4.79 Å². The second-order valence-electron chi connectivity index (χ2n) is 5.74. The lowest BCUT2D eigenvalue weighted by atomic mass is 10.1. The molecule has 0 spiro atoms. The van der Waals surface area contributed by atoms with Gasteiger partial charge in [-0.1, -0.05) is 17.7 Å². The monoisotopic (exact) mass is 402 g/mol. The molecule has 4 nitrogen and oxygen atoms in total. The number of hydrogen-bond acceptors (Lipinski definition) is 5. The maximum atomic E-state index is 12.8. The number of furan rings is 1. The second-order valence-corrected chi connectivity index (χ2v) is 8.17. The molecular weight excluding hydrogens is 388 g/mol. The molecule has 1 unspecified atom stereocenters. The molecule has 7 heteroatoms. The van der Waals surface area contributed by atoms with Gasteiger partial charge >= 0.3 is 0 Å². The van der Waals surface area contributed by atoms with Crippen LogP contribution < -0.4 is 0 Å². The molecule has 0 bridgehead atoms. The predicted molar refractivity (Wildman–Crippen MR) is 106 cm³/mol. The predicted octanol–water partition coefficient (Wildman–Crippen LogP) is 5.46. The van der Waals surface area contributed by atoms with Crippen LogP contribution in [-0.2, 0) is 4.79 Å². The van der Waals surface area contributed by atoms with E-state index in [1.807, 2.05) is 53.9 Å². The molecule has 0 saturated carbocycles. The maximum absolute atomic E-state index is 12.8. The highest BCUT2D eigenvalue weighted by molar-refractivity contribution is 8.00. The van der Waals surface area contributed by atoms with E-state index in [2.05, 4.69) is 5.10 Å². The number of thioether (sulfide) groups is 1. The molecule has 3 heterocycles. The quantitative estimate of drug-likeness (QED) is 0.532. The van der Waals surface area contributed by atoms with Crippen LogP contribution >= 0.6 is 34.7 Å². The van der Waals surface area contributed by atoms with Crippen LogP contribution in [0.1, 0.15) is 23.1 Å². The van der Waals surface area contributed by atoms with E-state index in [0.717, 1.165) is 21.2 Å². The third-order valence-corrected chi connectivity index (χ3v) is 6.19. The highest BCUT2D eigenvalue weighted by Gasteiger charge is 2.34. The van der Waals surface area contributed by atoms with Crippen LogP contribution in [0.4, 0.5) is 0 Å². The SMILES string of the molecule is O=C(CSc1ccc(Cl)cc1)N1N=C(c2cccs2)CC1c1ccco1. The molecule has 132 valence electrons. The molecule has 0 aliphatic carbocycles. The summed E-state index contributed by atoms with van der Waals surface area (Å²) in [7, 11) is 0. The van der Waals surface area contributed by atoms with Gasteiger partial charge in [-0.05, 0) is 47.8 Å². The summed E-state index contributed by atoms with van der Waals surface area (Å²) in [4.78, 5) is 14.9. The molecule has 1 amide bonds. The Morgan fingerprint density at radius 1 is 1.27 bits per heavy atom. The lowest BCUT2D eigenvalue weighted by molar-refractivity contribution is -0.130. The Morgan fingerprint density at radius 2 is 2.12 bits per heavy atom. The number of halogens is 1. The van der Waals surface area contributed by atoms with E-state index in [1.54, 1.807) is 22.6 Å². The molecule has 3 aromatic rings. The van der Waals surface area contributed by atoms with Gasteiger partial charge in [0.25, 0.3) is 5.91 Å². The Hall–Kier alpha value is -2.02. The van der Waals surface area contributed by atoms with Gasteiger partial charge in [0.1, 0.15) is 11.8 Å². The first-order valence-corrected chi connectivity index (χ1v) is 10.3. The van der Waals surface area contributed by atoms with Crippen molar-refractivity contribution in [1.29, 1.82) is 0 Å². The topological polar surface area (TPSA) is 45.8 Å². The Kier molecular flexibility index (Phi) is 5.15. The van der Waals surface area contributed by atoms with Gasteiger partial charge in [0, 0.05) is 16.3 Å². The minimum atomic E-state index is -0.194. The fourth-order valence-electron chi connectivity index (χ4n) is 2.78. The van der Waals surface area contributed by atoms with Crippen molar-refractivity contribution in [2.24, 2.45) is 5.10 Å². The number of rotatable bonds is 5. The Balaban J connectivity index is 1.52. The first-order valence-electron chi connectivity index (χ1n) is 8.06. The number of hydrazone groups is 1. The number of hydrogen-bond donors (Lipinski definition) is 0. The van der Waals surface area contributed by atoms with Crippen LogP contribution in [0.5, 0.6) is 0 Å². The van der Waals surface area contributed by atoms with Crippen molar-refractivity contribution < 1.29 is 9.21 Å². The molecule has 1 aliphatic heterocycles. The van der Waals surface area contributed by atoms with E-state index in [4.69, 9.17) is 16.0 Å². The summed E-state index contributed by atoms with van der Waals surface area (Å²) in [5.41, 5.74) is 0.922. The van der Waals surface area contributed by atoms with Crippen molar-refractivity contribution in [3.05, 3.63) is 75.8 Å². The van der Waals surface area contributed by atoms with Gasteiger partial charge in [-0.2, -0.15) is 5.10 Å². The fraction of sp³-hybridized carbons (Fsp3) is 0.158. The molecule has 0 fully saturated rings. The summed E-state index contributed by atoms with van der Waals surface area (Å²) < 4.78 is 5.55. The van der Waals surface area contributed by atoms with Crippen LogP contribution in [0.15, 0.2) is 74.6 Å². The normalized spacial score (nSPS) is 16.7. The molecule has 2 aromatic heterocycles. The smallest absolute Gasteiger partial charge is 0.253 e. The molecule has 4 rings (SSSR count). The molecule has 1 aromatic carbocycles. The Labute approximate surface area is 164 Å². The summed E-state index contributed by atoms with van der Waals surface area (Å²) >= 11 is 9.01. The van der Waals surface area contributed by atoms with Crippen molar-refractivity contribution >= 4 is 46.3 Å². The van der Waals surface area contributed by atoms with Crippen LogP contribution in [0.3, 0.4) is 0 Å². The number of thiophene rings is 1. The summed E-state index contributed by atoms with van der Waals surface area (Å²) in [5, 5.41) is 8.88. The first-order chi connectivity index (χ1) is 12.7. The van der Waals surface area contributed by atoms with E-state index >= 15 is 0 Å². The highest BCUT2D eigenvalue weighted by Crippen LogP contribution is 2.34. The number of carbonyl (C=O) groups is 1. The van der Waals surface area contributed by atoms with E-state index < -0.39 is 0 Å². The van der Waals surface area contributed by atoms with E-state index in [0.29, 0.717) is 17.2 Å². The largest absolute Gasteiger partial charge is 0.467 e. The molecule has 26 heavy (non-hydrogen) atoms. The summed E-state index contributed by atoms with van der Waals surface area (Å²) in [5.74, 6) is 1.02. The van der Waals surface area contributed by atoms with Gasteiger partial charge in [0.15, 0.2) is 0 Å². The van der Waals surface area contributed by atoms with Crippen LogP contribution in [-0.4, -0.2) is 22.4 Å². The van der Waals surface area contributed by atoms with Crippen LogP contribution in [0.25, 0.3) is 0 Å². The zero-order chi connectivity index (χ0) is 17.9. The van der Waals surface area contributed by atoms with Crippen molar-refractivity contribution in [2.45, 2.75) is 17.4 Å². The number of carbonyl (C=O) groups excluding carboxylic acids is 1. The van der Waals surface area contributed by atoms with Gasteiger partial charge < -0.3 is 4.42 Å². The van der Waals surface area contributed by atoms with Crippen molar-refractivity contribution in [2.75, 3.05) is 5.75 Å². The van der Waals surface area contributed by atoms with Crippen molar-refractivity contribution in [1.82, 2.24) is 5.01 Å². The third kappa shape index (κ3) is 3.72. The first kappa shape index (κ1) is 17.4. The van der Waals surface area contributed by atoms with Crippen molar-refractivity contribution in [3.63, 3.8) is 0 Å². The van der Waals surface area contributed by atoms with Gasteiger partial charge in [0.05, 0.1) is 22.6 Å². The van der Waals surface area contributed by atoms with E-state index in [9.17, 15) is 4.79 Å². The molecule has 0 N–H and O–H groups in total. The molecule has 1 atom stereocenters. The van der Waals surface area contributed by atoms with E-state index in [-0.39, 0.29) is 11.9 Å². The van der Waals surface area contributed by atoms with Gasteiger partial charge in [0.2, 0.25) is 0 Å². The molecule has 0 saturated heterocycles. The average molecular weight is 403 g/mol. The minimum absolute atomic E-state index is 0.0436. The maximum Gasteiger partial charge on any atom is 0.253 e.